The third-order valence-electron chi connectivity index (χ3n) is 5.64. The number of aromatic nitrogens is 2. The topological polar surface area (TPSA) is 118 Å². The lowest BCUT2D eigenvalue weighted by atomic mass is 9.88. The van der Waals surface area contributed by atoms with Crippen molar-refractivity contribution in [2.45, 2.75) is 12.2 Å². The van der Waals surface area contributed by atoms with Crippen LogP contribution in [0, 0.1) is 11.3 Å². The maximum absolute atomic E-state index is 13.1. The average Bonchev–Trinajstić information content (AvgIpc) is 3.41. The number of hydrogen-bond acceptors (Lipinski definition) is 8. The smallest absolute Gasteiger partial charge is 0.342 e. The van der Waals surface area contributed by atoms with Gasteiger partial charge in [0.2, 0.25) is 0 Å². The zero-order chi connectivity index (χ0) is 23.0. The molecular weight excluding hydrogens is 422 g/mol. The van der Waals surface area contributed by atoms with Crippen LogP contribution in [0.4, 0.5) is 0 Å². The monoisotopic (exact) mass is 439 g/mol. The second-order valence-electron chi connectivity index (χ2n) is 7.57. The van der Waals surface area contributed by atoms with E-state index in [1.807, 2.05) is 0 Å². The highest BCUT2D eigenvalue weighted by Gasteiger charge is 2.48. The largest absolute Gasteiger partial charge is 0.497 e. The number of benzene rings is 3. The summed E-state index contributed by atoms with van der Waals surface area (Å²) in [6.07, 6.45) is 0.213. The number of ether oxygens (including phenoxy) is 2. The number of fused-ring (bicyclic) bond motifs is 1. The highest BCUT2D eigenvalue weighted by Crippen LogP contribution is 2.45. The van der Waals surface area contributed by atoms with Crippen molar-refractivity contribution in [2.24, 2.45) is 0 Å². The molecule has 8 nitrogen and oxygen atoms in total. The van der Waals surface area contributed by atoms with Gasteiger partial charge in [-0.15, -0.1) is 0 Å². The molecule has 0 bridgehead atoms. The number of aliphatic hydroxyl groups is 1. The number of cyclic esters (lactones) is 1. The first-order valence-corrected chi connectivity index (χ1v) is 10.1. The Hall–Kier alpha value is -4.48. The van der Waals surface area contributed by atoms with Crippen LogP contribution in [0.1, 0.15) is 22.3 Å². The predicted octanol–water partition coefficient (Wildman–Crippen LogP) is 3.50. The molecule has 0 aliphatic carbocycles. The Morgan fingerprint density at radius 3 is 2.45 bits per heavy atom. The molecule has 1 N–H and O–H groups in total. The molecule has 1 aliphatic heterocycles. The molecule has 0 fully saturated rings. The first-order chi connectivity index (χ1) is 16.0. The Balaban J connectivity index is 1.68. The summed E-state index contributed by atoms with van der Waals surface area (Å²) in [6, 6.07) is 20.8. The maximum Gasteiger partial charge on any atom is 0.342 e. The quantitative estimate of drug-likeness (QED) is 0.470. The number of esters is 1. The van der Waals surface area contributed by atoms with Crippen molar-refractivity contribution in [3.8, 4) is 11.8 Å². The molecule has 1 atom stereocenters. The van der Waals surface area contributed by atoms with Crippen LogP contribution in [0.25, 0.3) is 16.6 Å². The molecule has 4 aromatic rings. The SMILES string of the molecule is COc1ccc(C2(O)OC(=O)C(c3ccc4nonc4c3)=C2Cc2ccc(C#N)cc2)cc1. The second kappa shape index (κ2) is 7.89. The molecule has 33 heavy (non-hydrogen) atoms. The van der Waals surface area contributed by atoms with Crippen molar-refractivity contribution in [3.63, 3.8) is 0 Å². The summed E-state index contributed by atoms with van der Waals surface area (Å²) < 4.78 is 15.6. The van der Waals surface area contributed by atoms with E-state index in [0.717, 1.165) is 5.56 Å². The zero-order valence-electron chi connectivity index (χ0n) is 17.5. The molecule has 0 spiro atoms. The van der Waals surface area contributed by atoms with E-state index in [1.165, 1.54) is 0 Å². The Morgan fingerprint density at radius 2 is 1.76 bits per heavy atom. The predicted molar refractivity (Wildman–Crippen MR) is 117 cm³/mol. The van der Waals surface area contributed by atoms with E-state index in [-0.39, 0.29) is 12.0 Å². The van der Waals surface area contributed by atoms with Crippen LogP contribution in [-0.2, 0) is 21.7 Å². The van der Waals surface area contributed by atoms with Gasteiger partial charge in [-0.1, -0.05) is 18.2 Å². The van der Waals surface area contributed by atoms with Crippen molar-refractivity contribution in [2.75, 3.05) is 7.11 Å². The van der Waals surface area contributed by atoms with Crippen LogP contribution < -0.4 is 4.74 Å². The van der Waals surface area contributed by atoms with Gasteiger partial charge in [0.05, 0.1) is 24.3 Å². The molecule has 0 saturated carbocycles. The summed E-state index contributed by atoms with van der Waals surface area (Å²) in [4.78, 5) is 13.1. The van der Waals surface area contributed by atoms with Crippen LogP contribution in [0.3, 0.4) is 0 Å². The van der Waals surface area contributed by atoms with E-state index in [0.29, 0.717) is 39.0 Å². The van der Waals surface area contributed by atoms with Gasteiger partial charge in [-0.05, 0) is 70.0 Å². The minimum absolute atomic E-state index is 0.213. The third-order valence-corrected chi connectivity index (χ3v) is 5.64. The first-order valence-electron chi connectivity index (χ1n) is 10.1. The van der Waals surface area contributed by atoms with Crippen LogP contribution in [0.2, 0.25) is 0 Å². The molecule has 1 aromatic heterocycles. The van der Waals surface area contributed by atoms with E-state index in [4.69, 9.17) is 19.4 Å². The minimum atomic E-state index is -1.98. The van der Waals surface area contributed by atoms with Crippen molar-refractivity contribution < 1.29 is 24.0 Å². The number of methoxy groups -OCH3 is 1. The van der Waals surface area contributed by atoms with Gasteiger partial charge in [-0.3, -0.25) is 0 Å². The minimum Gasteiger partial charge on any atom is -0.497 e. The Kier molecular flexibility index (Phi) is 4.89. The summed E-state index contributed by atoms with van der Waals surface area (Å²) in [5, 5.41) is 28.4. The van der Waals surface area contributed by atoms with Crippen molar-refractivity contribution >= 4 is 22.6 Å². The molecule has 1 unspecified atom stereocenters. The summed E-state index contributed by atoms with van der Waals surface area (Å²) in [7, 11) is 1.54. The van der Waals surface area contributed by atoms with Crippen LogP contribution in [0.5, 0.6) is 5.75 Å². The molecular formula is C25H17N3O5. The molecule has 0 amide bonds. The van der Waals surface area contributed by atoms with E-state index in [1.54, 1.807) is 73.8 Å². The number of nitriles is 1. The molecule has 8 heteroatoms. The van der Waals surface area contributed by atoms with Gasteiger partial charge >= 0.3 is 5.97 Å². The fraction of sp³-hybridized carbons (Fsp3) is 0.120. The molecule has 0 saturated heterocycles. The fourth-order valence-electron chi connectivity index (χ4n) is 3.93. The standard InChI is InChI=1S/C25H17N3O5/c1-31-19-9-7-18(8-10-19)25(30)20(12-15-2-4-16(14-26)5-3-15)23(24(29)32-25)17-6-11-21-22(13-17)28-33-27-21/h2-11,13,30H,12H2,1H3. The summed E-state index contributed by atoms with van der Waals surface area (Å²) >= 11 is 0. The van der Waals surface area contributed by atoms with Crippen LogP contribution in [0.15, 0.2) is 76.9 Å². The summed E-state index contributed by atoms with van der Waals surface area (Å²) in [5.41, 5.74) is 3.86. The van der Waals surface area contributed by atoms with Crippen LogP contribution >= 0.6 is 0 Å². The summed E-state index contributed by atoms with van der Waals surface area (Å²) in [5.74, 6) is -2.04. The van der Waals surface area contributed by atoms with Crippen molar-refractivity contribution in [1.82, 2.24) is 10.3 Å². The maximum atomic E-state index is 13.1. The Bertz CT molecular complexity index is 1430. The normalized spacial score (nSPS) is 17.8. The fourth-order valence-corrected chi connectivity index (χ4v) is 3.93. The van der Waals surface area contributed by atoms with Gasteiger partial charge in [0.15, 0.2) is 0 Å². The van der Waals surface area contributed by atoms with Gasteiger partial charge in [-0.2, -0.15) is 5.26 Å². The zero-order valence-corrected chi connectivity index (χ0v) is 17.5. The van der Waals surface area contributed by atoms with Crippen molar-refractivity contribution in [1.29, 1.82) is 5.26 Å². The lowest BCUT2D eigenvalue weighted by molar-refractivity contribution is -0.185. The first kappa shape index (κ1) is 20.4. The molecule has 2 heterocycles. The lowest BCUT2D eigenvalue weighted by Gasteiger charge is -2.26. The molecule has 1 aliphatic rings. The number of nitrogens with zero attached hydrogens (tertiary/aromatic N) is 3. The number of hydrogen-bond donors (Lipinski definition) is 1. The average molecular weight is 439 g/mol. The number of rotatable bonds is 5. The molecule has 3 aromatic carbocycles. The van der Waals surface area contributed by atoms with Gasteiger partial charge in [0.1, 0.15) is 16.8 Å². The van der Waals surface area contributed by atoms with E-state index < -0.39 is 11.8 Å². The lowest BCUT2D eigenvalue weighted by Crippen LogP contribution is -2.29. The number of carbonyl (C=O) groups is 1. The van der Waals surface area contributed by atoms with E-state index in [9.17, 15) is 9.90 Å². The highest BCUT2D eigenvalue weighted by molar-refractivity contribution is 6.20. The third kappa shape index (κ3) is 3.50. The molecule has 0 radical (unpaired) electrons. The van der Waals surface area contributed by atoms with Gasteiger partial charge in [0.25, 0.3) is 5.79 Å². The van der Waals surface area contributed by atoms with Crippen molar-refractivity contribution in [3.05, 3.63) is 94.6 Å². The van der Waals surface area contributed by atoms with E-state index >= 15 is 0 Å². The second-order valence-corrected chi connectivity index (χ2v) is 7.57. The Labute approximate surface area is 188 Å². The van der Waals surface area contributed by atoms with Gasteiger partial charge in [0, 0.05) is 17.6 Å². The Morgan fingerprint density at radius 1 is 1.03 bits per heavy atom. The van der Waals surface area contributed by atoms with E-state index in [2.05, 4.69) is 16.4 Å². The summed E-state index contributed by atoms with van der Waals surface area (Å²) in [6.45, 7) is 0. The molecule has 5 rings (SSSR count). The van der Waals surface area contributed by atoms with Gasteiger partial charge in [-0.25, -0.2) is 9.42 Å². The molecule has 162 valence electrons. The number of carbonyl (C=O) groups excluding carboxylic acids is 1. The van der Waals surface area contributed by atoms with Crippen LogP contribution in [-0.4, -0.2) is 28.5 Å². The highest BCUT2D eigenvalue weighted by atomic mass is 16.7. The van der Waals surface area contributed by atoms with Gasteiger partial charge < -0.3 is 14.6 Å².